The molecule has 1 N–H and O–H groups in total. The van der Waals surface area contributed by atoms with Crippen molar-refractivity contribution in [2.24, 2.45) is 0 Å². The Balaban J connectivity index is 1.93. The standard InChI is InChI=1S/C17H18BrNO/c1-12-3-5-14(6-4-12)11-17(20)19-13(2)15-7-9-16(18)10-8-15/h3-10,13H,11H2,1-2H3,(H,19,20). The average molecular weight is 332 g/mol. The number of hydrogen-bond donors (Lipinski definition) is 1. The molecule has 0 heterocycles. The van der Waals surface area contributed by atoms with Gasteiger partial charge < -0.3 is 5.32 Å². The number of amides is 1. The normalized spacial score (nSPS) is 11.9. The Hall–Kier alpha value is -1.61. The second-order valence-electron chi connectivity index (χ2n) is 5.00. The quantitative estimate of drug-likeness (QED) is 0.894. The van der Waals surface area contributed by atoms with Gasteiger partial charge in [0.05, 0.1) is 12.5 Å². The van der Waals surface area contributed by atoms with Crippen LogP contribution in [0.3, 0.4) is 0 Å². The molecule has 0 radical (unpaired) electrons. The fraction of sp³-hybridized carbons (Fsp3) is 0.235. The summed E-state index contributed by atoms with van der Waals surface area (Å²) in [7, 11) is 0. The van der Waals surface area contributed by atoms with E-state index in [1.165, 1.54) is 5.56 Å². The third kappa shape index (κ3) is 4.20. The van der Waals surface area contributed by atoms with Crippen molar-refractivity contribution in [1.29, 1.82) is 0 Å². The fourth-order valence-electron chi connectivity index (χ4n) is 2.02. The summed E-state index contributed by atoms with van der Waals surface area (Å²) >= 11 is 3.41. The minimum Gasteiger partial charge on any atom is -0.349 e. The van der Waals surface area contributed by atoms with Gasteiger partial charge in [-0.15, -0.1) is 0 Å². The van der Waals surface area contributed by atoms with Gasteiger partial charge >= 0.3 is 0 Å². The molecule has 0 aromatic heterocycles. The molecule has 0 spiro atoms. The van der Waals surface area contributed by atoms with Crippen molar-refractivity contribution < 1.29 is 4.79 Å². The third-order valence-electron chi connectivity index (χ3n) is 3.23. The average Bonchev–Trinajstić information content (AvgIpc) is 2.42. The molecular weight excluding hydrogens is 314 g/mol. The summed E-state index contributed by atoms with van der Waals surface area (Å²) in [6.07, 6.45) is 0.418. The Labute approximate surface area is 128 Å². The second-order valence-corrected chi connectivity index (χ2v) is 5.92. The van der Waals surface area contributed by atoms with Crippen molar-refractivity contribution in [2.75, 3.05) is 0 Å². The molecule has 1 unspecified atom stereocenters. The molecular formula is C17H18BrNO. The number of halogens is 1. The van der Waals surface area contributed by atoms with Crippen molar-refractivity contribution in [1.82, 2.24) is 5.32 Å². The highest BCUT2D eigenvalue weighted by molar-refractivity contribution is 9.10. The van der Waals surface area contributed by atoms with E-state index < -0.39 is 0 Å². The lowest BCUT2D eigenvalue weighted by molar-refractivity contribution is -0.121. The molecule has 0 saturated carbocycles. The number of carbonyl (C=O) groups excluding carboxylic acids is 1. The van der Waals surface area contributed by atoms with Gasteiger partial charge in [-0.3, -0.25) is 4.79 Å². The van der Waals surface area contributed by atoms with E-state index in [1.807, 2.05) is 62.4 Å². The zero-order chi connectivity index (χ0) is 14.5. The van der Waals surface area contributed by atoms with Crippen LogP contribution in [0.4, 0.5) is 0 Å². The van der Waals surface area contributed by atoms with Crippen LogP contribution in [0.25, 0.3) is 0 Å². The summed E-state index contributed by atoms with van der Waals surface area (Å²) in [5.74, 6) is 0.0456. The van der Waals surface area contributed by atoms with Gasteiger partial charge in [-0.05, 0) is 37.1 Å². The maximum absolute atomic E-state index is 12.0. The van der Waals surface area contributed by atoms with E-state index in [9.17, 15) is 4.79 Å². The molecule has 1 atom stereocenters. The molecule has 0 bridgehead atoms. The van der Waals surface area contributed by atoms with Gasteiger partial charge in [0.15, 0.2) is 0 Å². The van der Waals surface area contributed by atoms with E-state index in [-0.39, 0.29) is 11.9 Å². The highest BCUT2D eigenvalue weighted by atomic mass is 79.9. The van der Waals surface area contributed by atoms with E-state index in [4.69, 9.17) is 0 Å². The first-order valence-electron chi connectivity index (χ1n) is 6.65. The number of nitrogens with one attached hydrogen (secondary N) is 1. The van der Waals surface area contributed by atoms with Crippen LogP contribution in [0.15, 0.2) is 53.0 Å². The van der Waals surface area contributed by atoms with Crippen molar-refractivity contribution in [3.05, 3.63) is 69.7 Å². The first kappa shape index (κ1) is 14.8. The van der Waals surface area contributed by atoms with Gasteiger partial charge in [0.2, 0.25) is 5.91 Å². The molecule has 2 nitrogen and oxygen atoms in total. The molecule has 2 aromatic rings. The summed E-state index contributed by atoms with van der Waals surface area (Å²) in [5.41, 5.74) is 3.35. The minimum absolute atomic E-state index is 0.0149. The van der Waals surface area contributed by atoms with E-state index >= 15 is 0 Å². The predicted molar refractivity (Wildman–Crippen MR) is 85.6 cm³/mol. The second kappa shape index (κ2) is 6.71. The van der Waals surface area contributed by atoms with Gasteiger partial charge in [0.25, 0.3) is 0 Å². The topological polar surface area (TPSA) is 29.1 Å². The van der Waals surface area contributed by atoms with E-state index in [0.29, 0.717) is 6.42 Å². The molecule has 2 rings (SSSR count). The smallest absolute Gasteiger partial charge is 0.224 e. The van der Waals surface area contributed by atoms with Crippen molar-refractivity contribution >= 4 is 21.8 Å². The lowest BCUT2D eigenvalue weighted by Crippen LogP contribution is -2.28. The molecule has 0 aliphatic rings. The number of aryl methyl sites for hydroxylation is 1. The first-order chi connectivity index (χ1) is 9.54. The molecule has 1 amide bonds. The molecule has 104 valence electrons. The van der Waals surface area contributed by atoms with Crippen LogP contribution in [-0.2, 0) is 11.2 Å². The van der Waals surface area contributed by atoms with Crippen LogP contribution in [-0.4, -0.2) is 5.91 Å². The third-order valence-corrected chi connectivity index (χ3v) is 3.76. The number of hydrogen-bond acceptors (Lipinski definition) is 1. The highest BCUT2D eigenvalue weighted by Gasteiger charge is 2.09. The van der Waals surface area contributed by atoms with Gasteiger partial charge in [-0.1, -0.05) is 57.9 Å². The Kier molecular flexibility index (Phi) is 4.96. The lowest BCUT2D eigenvalue weighted by Gasteiger charge is -2.14. The summed E-state index contributed by atoms with van der Waals surface area (Å²) in [5, 5.41) is 3.02. The van der Waals surface area contributed by atoms with Crippen LogP contribution in [0.1, 0.15) is 29.7 Å². The van der Waals surface area contributed by atoms with Crippen LogP contribution < -0.4 is 5.32 Å². The van der Waals surface area contributed by atoms with E-state index in [0.717, 1.165) is 15.6 Å². The highest BCUT2D eigenvalue weighted by Crippen LogP contribution is 2.16. The fourth-order valence-corrected chi connectivity index (χ4v) is 2.28. The number of carbonyl (C=O) groups is 1. The first-order valence-corrected chi connectivity index (χ1v) is 7.44. The Morgan fingerprint density at radius 2 is 1.70 bits per heavy atom. The van der Waals surface area contributed by atoms with Gasteiger partial charge in [0, 0.05) is 4.47 Å². The minimum atomic E-state index is 0.0149. The number of rotatable bonds is 4. The maximum atomic E-state index is 12.0. The molecule has 0 aliphatic carbocycles. The molecule has 20 heavy (non-hydrogen) atoms. The Morgan fingerprint density at radius 1 is 1.10 bits per heavy atom. The largest absolute Gasteiger partial charge is 0.349 e. The summed E-state index contributed by atoms with van der Waals surface area (Å²) in [6.45, 7) is 4.04. The zero-order valence-electron chi connectivity index (χ0n) is 11.7. The Morgan fingerprint density at radius 3 is 2.30 bits per heavy atom. The monoisotopic (exact) mass is 331 g/mol. The van der Waals surface area contributed by atoms with E-state index in [1.54, 1.807) is 0 Å². The molecule has 0 aliphatic heterocycles. The summed E-state index contributed by atoms with van der Waals surface area (Å²) in [4.78, 5) is 12.0. The lowest BCUT2D eigenvalue weighted by atomic mass is 10.1. The molecule has 2 aromatic carbocycles. The van der Waals surface area contributed by atoms with Crippen molar-refractivity contribution in [3.8, 4) is 0 Å². The molecule has 0 saturated heterocycles. The zero-order valence-corrected chi connectivity index (χ0v) is 13.3. The maximum Gasteiger partial charge on any atom is 0.224 e. The van der Waals surface area contributed by atoms with Crippen molar-refractivity contribution in [2.45, 2.75) is 26.3 Å². The Bertz CT molecular complexity index is 575. The van der Waals surface area contributed by atoms with Crippen molar-refractivity contribution in [3.63, 3.8) is 0 Å². The van der Waals surface area contributed by atoms with Crippen LogP contribution in [0, 0.1) is 6.92 Å². The SMILES string of the molecule is Cc1ccc(CC(=O)NC(C)c2ccc(Br)cc2)cc1. The number of benzene rings is 2. The van der Waals surface area contributed by atoms with Gasteiger partial charge in [0.1, 0.15) is 0 Å². The summed E-state index contributed by atoms with van der Waals surface area (Å²) in [6, 6.07) is 16.1. The van der Waals surface area contributed by atoms with Crippen LogP contribution in [0.5, 0.6) is 0 Å². The van der Waals surface area contributed by atoms with E-state index in [2.05, 4.69) is 21.2 Å². The predicted octanol–water partition coefficient (Wildman–Crippen LogP) is 4.18. The van der Waals surface area contributed by atoms with Gasteiger partial charge in [-0.25, -0.2) is 0 Å². The molecule has 3 heteroatoms. The van der Waals surface area contributed by atoms with Crippen LogP contribution in [0.2, 0.25) is 0 Å². The molecule has 0 fully saturated rings. The van der Waals surface area contributed by atoms with Crippen LogP contribution >= 0.6 is 15.9 Å². The summed E-state index contributed by atoms with van der Waals surface area (Å²) < 4.78 is 1.04. The van der Waals surface area contributed by atoms with Gasteiger partial charge in [-0.2, -0.15) is 0 Å².